The molecule has 0 aliphatic carbocycles. The van der Waals surface area contributed by atoms with Crippen molar-refractivity contribution in [2.24, 2.45) is 0 Å². The fourth-order valence-corrected chi connectivity index (χ4v) is 4.74. The molecule has 6 nitrogen and oxygen atoms in total. The number of nitrogens with zero attached hydrogens (tertiary/aromatic N) is 1. The molecule has 0 saturated heterocycles. The Morgan fingerprint density at radius 3 is 2.35 bits per heavy atom. The van der Waals surface area contributed by atoms with Gasteiger partial charge < -0.3 is 10.1 Å². The van der Waals surface area contributed by atoms with Gasteiger partial charge in [0.15, 0.2) is 0 Å². The summed E-state index contributed by atoms with van der Waals surface area (Å²) < 4.78 is 33.8. The van der Waals surface area contributed by atoms with E-state index < -0.39 is 15.9 Å². The van der Waals surface area contributed by atoms with Gasteiger partial charge in [0.25, 0.3) is 10.0 Å². The zero-order valence-corrected chi connectivity index (χ0v) is 19.4. The Morgan fingerprint density at radius 1 is 1.00 bits per heavy atom. The largest absolute Gasteiger partial charge is 0.494 e. The van der Waals surface area contributed by atoms with Crippen LogP contribution in [0.1, 0.15) is 12.5 Å². The molecular formula is C23H23BrN2O4S. The number of amides is 1. The minimum absolute atomic E-state index is 0.120. The van der Waals surface area contributed by atoms with Gasteiger partial charge >= 0.3 is 0 Å². The van der Waals surface area contributed by atoms with Gasteiger partial charge in [0.1, 0.15) is 12.3 Å². The van der Waals surface area contributed by atoms with Gasteiger partial charge in [0.05, 0.1) is 17.2 Å². The molecule has 0 aliphatic rings. The first kappa shape index (κ1) is 22.8. The third-order valence-corrected chi connectivity index (χ3v) is 6.72. The highest BCUT2D eigenvalue weighted by molar-refractivity contribution is 9.10. The van der Waals surface area contributed by atoms with Crippen LogP contribution in [0.2, 0.25) is 0 Å². The van der Waals surface area contributed by atoms with Crippen molar-refractivity contribution in [3.63, 3.8) is 0 Å². The Bertz CT molecular complexity index is 1120. The lowest BCUT2D eigenvalue weighted by Gasteiger charge is -2.24. The summed E-state index contributed by atoms with van der Waals surface area (Å²) in [6.45, 7) is 2.43. The van der Waals surface area contributed by atoms with Gasteiger partial charge in [-0.15, -0.1) is 0 Å². The molecule has 0 aromatic heterocycles. The summed E-state index contributed by atoms with van der Waals surface area (Å²) in [6.07, 6.45) is 0. The van der Waals surface area contributed by atoms with E-state index in [1.54, 1.807) is 42.5 Å². The van der Waals surface area contributed by atoms with E-state index >= 15 is 0 Å². The lowest BCUT2D eigenvalue weighted by molar-refractivity contribution is -0.119. The van der Waals surface area contributed by atoms with E-state index in [2.05, 4.69) is 21.2 Å². The van der Waals surface area contributed by atoms with E-state index in [0.717, 1.165) is 15.6 Å². The molecule has 0 saturated carbocycles. The average Bonchev–Trinajstić information content (AvgIpc) is 2.77. The second kappa shape index (κ2) is 10.5. The molecule has 1 N–H and O–H groups in total. The monoisotopic (exact) mass is 502 g/mol. The van der Waals surface area contributed by atoms with Crippen molar-refractivity contribution in [1.29, 1.82) is 0 Å². The quantitative estimate of drug-likeness (QED) is 0.471. The lowest BCUT2D eigenvalue weighted by atomic mass is 10.2. The molecule has 8 heteroatoms. The van der Waals surface area contributed by atoms with Crippen LogP contribution in [0.15, 0.2) is 88.2 Å². The molecular weight excluding hydrogens is 480 g/mol. The number of halogens is 1. The van der Waals surface area contributed by atoms with Crippen LogP contribution in [0.5, 0.6) is 5.75 Å². The number of carbonyl (C=O) groups is 1. The number of sulfonamides is 1. The Labute approximate surface area is 191 Å². The van der Waals surface area contributed by atoms with Crippen molar-refractivity contribution in [3.05, 3.63) is 88.9 Å². The van der Waals surface area contributed by atoms with E-state index in [1.807, 2.05) is 31.2 Å². The minimum Gasteiger partial charge on any atom is -0.494 e. The van der Waals surface area contributed by atoms with Gasteiger partial charge in [-0.2, -0.15) is 0 Å². The highest BCUT2D eigenvalue weighted by atomic mass is 79.9. The molecule has 0 unspecified atom stereocenters. The molecule has 0 radical (unpaired) electrons. The number of benzene rings is 3. The van der Waals surface area contributed by atoms with Gasteiger partial charge in [-0.25, -0.2) is 8.42 Å². The Hall–Kier alpha value is -2.84. The number of rotatable bonds is 9. The number of anilines is 1. The first-order chi connectivity index (χ1) is 14.9. The molecule has 3 rings (SSSR count). The molecule has 3 aromatic rings. The molecule has 0 aliphatic heterocycles. The standard InChI is InChI=1S/C23H23BrN2O4S/c1-2-30-21-13-11-18(12-14-21)16-25-23(27)17-26(20-8-6-7-19(24)15-20)31(28,29)22-9-4-3-5-10-22/h3-15H,2,16-17H2,1H3,(H,25,27). The third-order valence-electron chi connectivity index (χ3n) is 4.44. The number of nitrogens with one attached hydrogen (secondary N) is 1. The topological polar surface area (TPSA) is 75.7 Å². The van der Waals surface area contributed by atoms with Crippen LogP contribution in [-0.2, 0) is 21.4 Å². The van der Waals surface area contributed by atoms with E-state index in [9.17, 15) is 13.2 Å². The normalized spacial score (nSPS) is 11.0. The summed E-state index contributed by atoms with van der Waals surface area (Å²) in [7, 11) is -3.93. The fraction of sp³-hybridized carbons (Fsp3) is 0.174. The van der Waals surface area contributed by atoms with Crippen LogP contribution in [0.25, 0.3) is 0 Å². The van der Waals surface area contributed by atoms with Crippen molar-refractivity contribution < 1.29 is 17.9 Å². The molecule has 0 atom stereocenters. The molecule has 0 bridgehead atoms. The molecule has 1 amide bonds. The van der Waals surface area contributed by atoms with Crippen molar-refractivity contribution in [1.82, 2.24) is 5.32 Å². The Kier molecular flexibility index (Phi) is 7.70. The van der Waals surface area contributed by atoms with E-state index in [-0.39, 0.29) is 18.0 Å². The van der Waals surface area contributed by atoms with Crippen LogP contribution in [0.3, 0.4) is 0 Å². The predicted molar refractivity (Wildman–Crippen MR) is 125 cm³/mol. The molecule has 0 heterocycles. The molecule has 31 heavy (non-hydrogen) atoms. The molecule has 0 spiro atoms. The molecule has 162 valence electrons. The predicted octanol–water partition coefficient (Wildman–Crippen LogP) is 4.36. The summed E-state index contributed by atoms with van der Waals surface area (Å²) >= 11 is 3.37. The lowest BCUT2D eigenvalue weighted by Crippen LogP contribution is -2.40. The third kappa shape index (κ3) is 6.08. The SMILES string of the molecule is CCOc1ccc(CNC(=O)CN(c2cccc(Br)c2)S(=O)(=O)c2ccccc2)cc1. The van der Waals surface area contributed by atoms with E-state index in [1.165, 1.54) is 12.1 Å². The van der Waals surface area contributed by atoms with Crippen molar-refractivity contribution in [3.8, 4) is 5.75 Å². The van der Waals surface area contributed by atoms with Gasteiger partial charge in [0, 0.05) is 11.0 Å². The zero-order valence-electron chi connectivity index (χ0n) is 17.0. The maximum Gasteiger partial charge on any atom is 0.264 e. The summed E-state index contributed by atoms with van der Waals surface area (Å²) in [4.78, 5) is 12.8. The summed E-state index contributed by atoms with van der Waals surface area (Å²) in [5.41, 5.74) is 1.28. The van der Waals surface area contributed by atoms with Crippen LogP contribution in [0, 0.1) is 0 Å². The van der Waals surface area contributed by atoms with Gasteiger partial charge in [-0.05, 0) is 55.0 Å². The number of ether oxygens (including phenoxy) is 1. The van der Waals surface area contributed by atoms with Crippen molar-refractivity contribution in [2.45, 2.75) is 18.4 Å². The number of carbonyl (C=O) groups excluding carboxylic acids is 1. The minimum atomic E-state index is -3.93. The second-order valence-electron chi connectivity index (χ2n) is 6.66. The van der Waals surface area contributed by atoms with E-state index in [4.69, 9.17) is 4.74 Å². The molecule has 0 fully saturated rings. The Balaban J connectivity index is 1.77. The van der Waals surface area contributed by atoms with E-state index in [0.29, 0.717) is 16.8 Å². The van der Waals surface area contributed by atoms with Crippen LogP contribution in [0.4, 0.5) is 5.69 Å². The first-order valence-electron chi connectivity index (χ1n) is 9.72. The van der Waals surface area contributed by atoms with Gasteiger partial charge in [0.2, 0.25) is 5.91 Å². The van der Waals surface area contributed by atoms with Crippen LogP contribution >= 0.6 is 15.9 Å². The molecule has 3 aromatic carbocycles. The van der Waals surface area contributed by atoms with Gasteiger partial charge in [-0.3, -0.25) is 9.10 Å². The van der Waals surface area contributed by atoms with Crippen molar-refractivity contribution >= 4 is 37.5 Å². The van der Waals surface area contributed by atoms with Crippen LogP contribution in [-0.4, -0.2) is 27.5 Å². The fourth-order valence-electron chi connectivity index (χ4n) is 2.92. The average molecular weight is 503 g/mol. The highest BCUT2D eigenvalue weighted by Crippen LogP contribution is 2.26. The highest BCUT2D eigenvalue weighted by Gasteiger charge is 2.27. The van der Waals surface area contributed by atoms with Gasteiger partial charge in [-0.1, -0.05) is 52.3 Å². The smallest absolute Gasteiger partial charge is 0.264 e. The van der Waals surface area contributed by atoms with Crippen LogP contribution < -0.4 is 14.4 Å². The first-order valence-corrected chi connectivity index (χ1v) is 12.0. The number of hydrogen-bond donors (Lipinski definition) is 1. The summed E-state index contributed by atoms with van der Waals surface area (Å²) in [5, 5.41) is 2.79. The summed E-state index contributed by atoms with van der Waals surface area (Å²) in [6, 6.07) is 22.3. The number of hydrogen-bond acceptors (Lipinski definition) is 4. The van der Waals surface area contributed by atoms with Crippen molar-refractivity contribution in [2.75, 3.05) is 17.5 Å². The zero-order chi connectivity index (χ0) is 22.3. The Morgan fingerprint density at radius 2 is 1.71 bits per heavy atom. The second-order valence-corrected chi connectivity index (χ2v) is 9.44. The summed E-state index contributed by atoms with van der Waals surface area (Å²) in [5.74, 6) is 0.348. The maximum atomic E-state index is 13.3. The maximum absolute atomic E-state index is 13.3.